The molecule has 1 aromatic heterocycles. The van der Waals surface area contributed by atoms with E-state index in [0.29, 0.717) is 29.4 Å². The predicted molar refractivity (Wildman–Crippen MR) is 101 cm³/mol. The van der Waals surface area contributed by atoms with Crippen LogP contribution >= 0.6 is 0 Å². The molecule has 0 aliphatic rings. The lowest BCUT2D eigenvalue weighted by atomic mass is 10.2. The van der Waals surface area contributed by atoms with E-state index in [9.17, 15) is 9.18 Å². The zero-order valence-electron chi connectivity index (χ0n) is 14.8. The molecule has 0 aliphatic heterocycles. The summed E-state index contributed by atoms with van der Waals surface area (Å²) in [5.74, 6) is 0.441. The van der Waals surface area contributed by atoms with Crippen molar-refractivity contribution in [3.05, 3.63) is 77.9 Å². The molecule has 27 heavy (non-hydrogen) atoms. The molecule has 0 atom stereocenters. The van der Waals surface area contributed by atoms with E-state index in [1.165, 1.54) is 18.5 Å². The number of anilines is 2. The van der Waals surface area contributed by atoms with E-state index >= 15 is 0 Å². The largest absolute Gasteiger partial charge is 0.494 e. The second-order valence-corrected chi connectivity index (χ2v) is 5.65. The molecule has 0 saturated heterocycles. The van der Waals surface area contributed by atoms with E-state index in [4.69, 9.17) is 4.74 Å². The maximum absolute atomic E-state index is 13.6. The highest BCUT2D eigenvalue weighted by Crippen LogP contribution is 2.16. The maximum atomic E-state index is 13.6. The first-order valence-corrected chi connectivity index (χ1v) is 8.49. The molecular weight excluding hydrogens is 347 g/mol. The first-order chi connectivity index (χ1) is 13.2. The van der Waals surface area contributed by atoms with Gasteiger partial charge in [-0.05, 0) is 37.3 Å². The van der Waals surface area contributed by atoms with E-state index in [1.807, 2.05) is 6.92 Å². The number of hydrogen-bond donors (Lipinski definition) is 2. The Morgan fingerprint density at radius 2 is 1.78 bits per heavy atom. The lowest BCUT2D eigenvalue weighted by molar-refractivity contribution is 0.102. The SMILES string of the molecule is CCOc1ccc(NC(=O)c2cnc(NCc3ccccc3F)nc2)cc1. The molecule has 0 fully saturated rings. The summed E-state index contributed by atoms with van der Waals surface area (Å²) >= 11 is 0. The standard InChI is InChI=1S/C20H19FN4O2/c1-2-27-17-9-7-16(8-10-17)25-19(26)15-12-23-20(24-13-15)22-11-14-5-3-4-6-18(14)21/h3-10,12-13H,2,11H2,1H3,(H,25,26)(H,22,23,24). The molecule has 2 aromatic carbocycles. The Hall–Kier alpha value is -3.48. The van der Waals surface area contributed by atoms with Crippen LogP contribution in [-0.4, -0.2) is 22.5 Å². The molecule has 7 heteroatoms. The van der Waals surface area contributed by atoms with Crippen LogP contribution in [0, 0.1) is 5.82 Å². The minimum absolute atomic E-state index is 0.254. The van der Waals surface area contributed by atoms with Crippen LogP contribution in [0.2, 0.25) is 0 Å². The normalized spacial score (nSPS) is 10.3. The van der Waals surface area contributed by atoms with Crippen LogP contribution < -0.4 is 15.4 Å². The summed E-state index contributed by atoms with van der Waals surface area (Å²) in [4.78, 5) is 20.5. The van der Waals surface area contributed by atoms with Gasteiger partial charge in [-0.25, -0.2) is 14.4 Å². The van der Waals surface area contributed by atoms with Gasteiger partial charge in [-0.15, -0.1) is 0 Å². The van der Waals surface area contributed by atoms with Gasteiger partial charge in [0.05, 0.1) is 12.2 Å². The minimum atomic E-state index is -0.320. The number of hydrogen-bond acceptors (Lipinski definition) is 5. The summed E-state index contributed by atoms with van der Waals surface area (Å²) in [5, 5.41) is 5.70. The number of amides is 1. The highest BCUT2D eigenvalue weighted by Gasteiger charge is 2.08. The van der Waals surface area contributed by atoms with E-state index in [1.54, 1.807) is 42.5 Å². The third kappa shape index (κ3) is 5.01. The lowest BCUT2D eigenvalue weighted by Crippen LogP contribution is -2.13. The molecule has 0 saturated carbocycles. The summed E-state index contributed by atoms with van der Waals surface area (Å²) in [6.45, 7) is 2.75. The molecule has 0 unspecified atom stereocenters. The van der Waals surface area contributed by atoms with Crippen LogP contribution in [0.5, 0.6) is 5.75 Å². The van der Waals surface area contributed by atoms with Crippen LogP contribution in [0.1, 0.15) is 22.8 Å². The zero-order valence-corrected chi connectivity index (χ0v) is 14.8. The second-order valence-electron chi connectivity index (χ2n) is 5.65. The van der Waals surface area contributed by atoms with Gasteiger partial charge in [-0.2, -0.15) is 0 Å². The molecule has 6 nitrogen and oxygen atoms in total. The quantitative estimate of drug-likeness (QED) is 0.664. The fourth-order valence-corrected chi connectivity index (χ4v) is 2.36. The van der Waals surface area contributed by atoms with Crippen molar-refractivity contribution >= 4 is 17.5 Å². The van der Waals surface area contributed by atoms with Crippen molar-refractivity contribution < 1.29 is 13.9 Å². The van der Waals surface area contributed by atoms with Crippen molar-refractivity contribution in [2.75, 3.05) is 17.2 Å². The Bertz CT molecular complexity index is 899. The summed E-state index contributed by atoms with van der Waals surface area (Å²) in [6.07, 6.45) is 2.83. The Morgan fingerprint density at radius 1 is 1.07 bits per heavy atom. The molecule has 0 radical (unpaired) electrons. The second kappa shape index (κ2) is 8.75. The van der Waals surface area contributed by atoms with Gasteiger partial charge in [0.1, 0.15) is 11.6 Å². The number of aromatic nitrogens is 2. The molecule has 3 rings (SSSR count). The van der Waals surface area contributed by atoms with Gasteiger partial charge in [0.15, 0.2) is 0 Å². The fourth-order valence-electron chi connectivity index (χ4n) is 2.36. The smallest absolute Gasteiger partial charge is 0.258 e. The number of nitrogens with zero attached hydrogens (tertiary/aromatic N) is 2. The van der Waals surface area contributed by atoms with Crippen LogP contribution in [0.3, 0.4) is 0 Å². The molecule has 1 heterocycles. The third-order valence-electron chi connectivity index (χ3n) is 3.73. The third-order valence-corrected chi connectivity index (χ3v) is 3.73. The molecule has 138 valence electrons. The Balaban J connectivity index is 1.57. The van der Waals surface area contributed by atoms with Gasteiger partial charge in [-0.3, -0.25) is 4.79 Å². The van der Waals surface area contributed by atoms with E-state index in [-0.39, 0.29) is 18.3 Å². The first kappa shape index (κ1) is 18.3. The minimum Gasteiger partial charge on any atom is -0.494 e. The van der Waals surface area contributed by atoms with Crippen molar-refractivity contribution in [3.8, 4) is 5.75 Å². The highest BCUT2D eigenvalue weighted by atomic mass is 19.1. The molecule has 0 bridgehead atoms. The number of rotatable bonds is 7. The summed E-state index contributed by atoms with van der Waals surface area (Å²) in [6, 6.07) is 13.6. The van der Waals surface area contributed by atoms with Gasteiger partial charge >= 0.3 is 0 Å². The Labute approximate surface area is 156 Å². The molecule has 3 aromatic rings. The average molecular weight is 366 g/mol. The monoisotopic (exact) mass is 366 g/mol. The number of carbonyl (C=O) groups excluding carboxylic acids is 1. The Kier molecular flexibility index (Phi) is 5.94. The number of carbonyl (C=O) groups is 1. The first-order valence-electron chi connectivity index (χ1n) is 8.49. The van der Waals surface area contributed by atoms with Crippen molar-refractivity contribution in [2.24, 2.45) is 0 Å². The predicted octanol–water partition coefficient (Wildman–Crippen LogP) is 3.88. The molecule has 0 aliphatic carbocycles. The summed E-state index contributed by atoms with van der Waals surface area (Å²) in [5.41, 5.74) is 1.48. The summed E-state index contributed by atoms with van der Waals surface area (Å²) < 4.78 is 19.0. The molecule has 0 spiro atoms. The summed E-state index contributed by atoms with van der Waals surface area (Å²) in [7, 11) is 0. The molecule has 2 N–H and O–H groups in total. The van der Waals surface area contributed by atoms with Crippen LogP contribution in [0.15, 0.2) is 60.9 Å². The number of ether oxygens (including phenoxy) is 1. The molecule has 1 amide bonds. The van der Waals surface area contributed by atoms with Gasteiger partial charge in [0.25, 0.3) is 5.91 Å². The van der Waals surface area contributed by atoms with Crippen LogP contribution in [0.4, 0.5) is 16.0 Å². The van der Waals surface area contributed by atoms with Crippen LogP contribution in [0.25, 0.3) is 0 Å². The maximum Gasteiger partial charge on any atom is 0.258 e. The van der Waals surface area contributed by atoms with Gasteiger partial charge < -0.3 is 15.4 Å². The number of nitrogens with one attached hydrogen (secondary N) is 2. The van der Waals surface area contributed by atoms with Crippen molar-refractivity contribution in [3.63, 3.8) is 0 Å². The van der Waals surface area contributed by atoms with E-state index in [0.717, 1.165) is 5.75 Å². The topological polar surface area (TPSA) is 76.1 Å². The Morgan fingerprint density at radius 3 is 2.44 bits per heavy atom. The number of halogens is 1. The lowest BCUT2D eigenvalue weighted by Gasteiger charge is -2.08. The zero-order chi connectivity index (χ0) is 19.1. The van der Waals surface area contributed by atoms with Crippen molar-refractivity contribution in [1.82, 2.24) is 9.97 Å². The fraction of sp³-hybridized carbons (Fsp3) is 0.150. The van der Waals surface area contributed by atoms with Crippen LogP contribution in [-0.2, 0) is 6.54 Å². The molecular formula is C20H19FN4O2. The van der Waals surface area contributed by atoms with Gasteiger partial charge in [0.2, 0.25) is 5.95 Å². The highest BCUT2D eigenvalue weighted by molar-refractivity contribution is 6.03. The van der Waals surface area contributed by atoms with E-state index in [2.05, 4.69) is 20.6 Å². The van der Waals surface area contributed by atoms with E-state index < -0.39 is 0 Å². The van der Waals surface area contributed by atoms with Crippen molar-refractivity contribution in [1.29, 1.82) is 0 Å². The van der Waals surface area contributed by atoms with Gasteiger partial charge in [0, 0.05) is 30.2 Å². The average Bonchev–Trinajstić information content (AvgIpc) is 2.69. The van der Waals surface area contributed by atoms with Gasteiger partial charge in [-0.1, -0.05) is 18.2 Å². The van der Waals surface area contributed by atoms with Crippen molar-refractivity contribution in [2.45, 2.75) is 13.5 Å². The number of benzene rings is 2.